The van der Waals surface area contributed by atoms with E-state index >= 15 is 0 Å². The third-order valence-corrected chi connectivity index (χ3v) is 4.22. The molecule has 20 heavy (non-hydrogen) atoms. The molecule has 0 aliphatic heterocycles. The maximum Gasteiger partial charge on any atom is 0.241 e. The fraction of sp³-hybridized carbons (Fsp3) is 0.500. The number of hydrogen-bond acceptors (Lipinski definition) is 3. The van der Waals surface area contributed by atoms with E-state index in [4.69, 9.17) is 0 Å². The quantitative estimate of drug-likeness (QED) is 0.716. The number of carbonyl (C=O) groups is 1. The maximum absolute atomic E-state index is 12.0. The molecule has 0 radical (unpaired) electrons. The van der Waals surface area contributed by atoms with Crippen molar-refractivity contribution in [3.63, 3.8) is 0 Å². The molecule has 0 saturated carbocycles. The molecule has 0 saturated heterocycles. The van der Waals surface area contributed by atoms with Gasteiger partial charge in [-0.25, -0.2) is 13.1 Å². The summed E-state index contributed by atoms with van der Waals surface area (Å²) < 4.78 is 26.3. The number of amides is 1. The Hall–Kier alpha value is -1.40. The summed E-state index contributed by atoms with van der Waals surface area (Å²) in [5.41, 5.74) is 0.858. The van der Waals surface area contributed by atoms with Crippen LogP contribution in [0.2, 0.25) is 0 Å². The summed E-state index contributed by atoms with van der Waals surface area (Å²) in [4.78, 5) is 11.7. The largest absolute Gasteiger partial charge is 0.355 e. The van der Waals surface area contributed by atoms with Crippen molar-refractivity contribution in [2.24, 2.45) is 0 Å². The monoisotopic (exact) mass is 298 g/mol. The number of benzene rings is 1. The van der Waals surface area contributed by atoms with Gasteiger partial charge >= 0.3 is 0 Å². The fourth-order valence-electron chi connectivity index (χ4n) is 1.69. The van der Waals surface area contributed by atoms with E-state index in [9.17, 15) is 13.2 Å². The number of sulfonamides is 1. The highest BCUT2D eigenvalue weighted by atomic mass is 32.2. The van der Waals surface area contributed by atoms with Crippen LogP contribution in [-0.4, -0.2) is 27.4 Å². The van der Waals surface area contributed by atoms with Crippen LogP contribution in [0.25, 0.3) is 0 Å². The lowest BCUT2D eigenvalue weighted by molar-refractivity contribution is -0.119. The van der Waals surface area contributed by atoms with Gasteiger partial charge in [0.05, 0.1) is 11.4 Å². The van der Waals surface area contributed by atoms with Gasteiger partial charge < -0.3 is 5.32 Å². The standard InChI is InChI=1S/C14H22N2O3S/c1-3-4-5-9-15-14(17)11-16-20(18,19)13-8-6-7-12(2)10-13/h6-8,10,16H,3-5,9,11H2,1-2H3,(H,15,17). The minimum absolute atomic E-state index is 0.177. The van der Waals surface area contributed by atoms with Crippen molar-refractivity contribution in [3.05, 3.63) is 29.8 Å². The lowest BCUT2D eigenvalue weighted by Gasteiger charge is -2.08. The van der Waals surface area contributed by atoms with E-state index < -0.39 is 10.0 Å². The van der Waals surface area contributed by atoms with Crippen LogP contribution in [0.3, 0.4) is 0 Å². The number of unbranched alkanes of at least 4 members (excludes halogenated alkanes) is 2. The van der Waals surface area contributed by atoms with E-state index in [1.807, 2.05) is 13.0 Å². The van der Waals surface area contributed by atoms with Crippen molar-refractivity contribution >= 4 is 15.9 Å². The molecular formula is C14H22N2O3S. The first-order chi connectivity index (χ1) is 9.45. The predicted molar refractivity (Wildman–Crippen MR) is 78.9 cm³/mol. The summed E-state index contributed by atoms with van der Waals surface area (Å²) in [5, 5.41) is 2.69. The first-order valence-corrected chi connectivity index (χ1v) is 8.27. The summed E-state index contributed by atoms with van der Waals surface area (Å²) in [5.74, 6) is -0.308. The van der Waals surface area contributed by atoms with Gasteiger partial charge in [-0.05, 0) is 31.0 Å². The SMILES string of the molecule is CCCCCNC(=O)CNS(=O)(=O)c1cccc(C)c1. The maximum atomic E-state index is 12.0. The van der Waals surface area contributed by atoms with Crippen LogP contribution in [0.5, 0.6) is 0 Å². The zero-order valence-corrected chi connectivity index (χ0v) is 12.8. The number of aryl methyl sites for hydroxylation is 1. The molecule has 0 aliphatic carbocycles. The second-order valence-corrected chi connectivity index (χ2v) is 6.47. The highest BCUT2D eigenvalue weighted by Crippen LogP contribution is 2.10. The summed E-state index contributed by atoms with van der Waals surface area (Å²) in [7, 11) is -3.62. The molecule has 2 N–H and O–H groups in total. The Kier molecular flexibility index (Phi) is 6.67. The van der Waals surface area contributed by atoms with Crippen molar-refractivity contribution in [2.75, 3.05) is 13.1 Å². The van der Waals surface area contributed by atoms with Gasteiger partial charge in [0.1, 0.15) is 0 Å². The second kappa shape index (κ2) is 8.01. The van der Waals surface area contributed by atoms with E-state index in [0.29, 0.717) is 6.54 Å². The summed E-state index contributed by atoms with van der Waals surface area (Å²) in [6, 6.07) is 6.57. The molecule has 1 rings (SSSR count). The number of rotatable bonds is 8. The highest BCUT2D eigenvalue weighted by Gasteiger charge is 2.15. The molecule has 1 aromatic carbocycles. The fourth-order valence-corrected chi connectivity index (χ4v) is 2.78. The van der Waals surface area contributed by atoms with E-state index in [-0.39, 0.29) is 17.3 Å². The molecule has 0 aromatic heterocycles. The first kappa shape index (κ1) is 16.7. The van der Waals surface area contributed by atoms with Crippen LogP contribution in [0.4, 0.5) is 0 Å². The normalized spacial score (nSPS) is 11.3. The Labute approximate surface area is 120 Å². The van der Waals surface area contributed by atoms with E-state index in [0.717, 1.165) is 24.8 Å². The Bertz CT molecular complexity index is 541. The molecule has 5 nitrogen and oxygen atoms in total. The van der Waals surface area contributed by atoms with Crippen molar-refractivity contribution in [1.29, 1.82) is 0 Å². The number of carbonyl (C=O) groups excluding carboxylic acids is 1. The molecule has 1 amide bonds. The Morgan fingerprint density at radius 3 is 2.65 bits per heavy atom. The molecule has 0 fully saturated rings. The van der Waals surface area contributed by atoms with Gasteiger partial charge in [0, 0.05) is 6.54 Å². The third-order valence-electron chi connectivity index (χ3n) is 2.83. The van der Waals surface area contributed by atoms with Gasteiger partial charge in [0.15, 0.2) is 0 Å². The van der Waals surface area contributed by atoms with Crippen LogP contribution in [0.15, 0.2) is 29.2 Å². The Morgan fingerprint density at radius 2 is 2.00 bits per heavy atom. The lowest BCUT2D eigenvalue weighted by atomic mass is 10.2. The number of hydrogen-bond donors (Lipinski definition) is 2. The van der Waals surface area contributed by atoms with Gasteiger partial charge in [-0.3, -0.25) is 4.79 Å². The topological polar surface area (TPSA) is 75.3 Å². The highest BCUT2D eigenvalue weighted by molar-refractivity contribution is 7.89. The summed E-state index contributed by atoms with van der Waals surface area (Å²) in [6.07, 6.45) is 3.04. The minimum atomic E-state index is -3.62. The summed E-state index contributed by atoms with van der Waals surface area (Å²) in [6.45, 7) is 4.25. The average Bonchev–Trinajstić information content (AvgIpc) is 2.41. The molecule has 0 aliphatic rings. The van der Waals surface area contributed by atoms with Gasteiger partial charge in [-0.1, -0.05) is 31.9 Å². The van der Waals surface area contributed by atoms with E-state index in [2.05, 4.69) is 17.0 Å². The predicted octanol–water partition coefficient (Wildman–Crippen LogP) is 1.58. The molecule has 0 atom stereocenters. The van der Waals surface area contributed by atoms with Crippen LogP contribution in [0, 0.1) is 6.92 Å². The third kappa shape index (κ3) is 5.71. The van der Waals surface area contributed by atoms with Gasteiger partial charge in [-0.15, -0.1) is 0 Å². The van der Waals surface area contributed by atoms with E-state index in [1.54, 1.807) is 12.1 Å². The van der Waals surface area contributed by atoms with Crippen LogP contribution >= 0.6 is 0 Å². The van der Waals surface area contributed by atoms with Crippen LogP contribution < -0.4 is 10.0 Å². The molecule has 0 heterocycles. The number of nitrogens with one attached hydrogen (secondary N) is 2. The first-order valence-electron chi connectivity index (χ1n) is 6.78. The molecule has 0 unspecified atom stereocenters. The molecule has 0 spiro atoms. The van der Waals surface area contributed by atoms with Crippen molar-refractivity contribution in [3.8, 4) is 0 Å². The van der Waals surface area contributed by atoms with Gasteiger partial charge in [0.25, 0.3) is 0 Å². The molecule has 6 heteroatoms. The van der Waals surface area contributed by atoms with E-state index in [1.165, 1.54) is 6.07 Å². The van der Waals surface area contributed by atoms with Crippen molar-refractivity contribution < 1.29 is 13.2 Å². The zero-order valence-electron chi connectivity index (χ0n) is 12.0. The smallest absolute Gasteiger partial charge is 0.241 e. The van der Waals surface area contributed by atoms with Gasteiger partial charge in [-0.2, -0.15) is 0 Å². The van der Waals surface area contributed by atoms with Crippen molar-refractivity contribution in [1.82, 2.24) is 10.0 Å². The molecule has 1 aromatic rings. The van der Waals surface area contributed by atoms with Gasteiger partial charge in [0.2, 0.25) is 15.9 Å². The van der Waals surface area contributed by atoms with Crippen molar-refractivity contribution in [2.45, 2.75) is 38.0 Å². The Morgan fingerprint density at radius 1 is 1.25 bits per heavy atom. The zero-order chi connectivity index (χ0) is 15.0. The molecular weight excluding hydrogens is 276 g/mol. The average molecular weight is 298 g/mol. The minimum Gasteiger partial charge on any atom is -0.355 e. The summed E-state index contributed by atoms with van der Waals surface area (Å²) >= 11 is 0. The van der Waals surface area contributed by atoms with Crippen LogP contribution in [-0.2, 0) is 14.8 Å². The molecule has 112 valence electrons. The Balaban J connectivity index is 2.46. The second-order valence-electron chi connectivity index (χ2n) is 4.70. The van der Waals surface area contributed by atoms with Crippen LogP contribution in [0.1, 0.15) is 31.7 Å². The molecule has 0 bridgehead atoms. The lowest BCUT2D eigenvalue weighted by Crippen LogP contribution is -2.37.